The molecule has 1 aliphatic rings. The minimum atomic E-state index is -0.149. The zero-order valence-electron chi connectivity index (χ0n) is 13.1. The Kier molecular flexibility index (Phi) is 4.79. The summed E-state index contributed by atoms with van der Waals surface area (Å²) in [6.07, 6.45) is 6.56. The van der Waals surface area contributed by atoms with Crippen LogP contribution in [0.1, 0.15) is 52.9 Å². The van der Waals surface area contributed by atoms with Gasteiger partial charge in [0.15, 0.2) is 0 Å². The van der Waals surface area contributed by atoms with Crippen LogP contribution in [0.5, 0.6) is 5.75 Å². The van der Waals surface area contributed by atoms with E-state index in [0.717, 1.165) is 24.5 Å². The summed E-state index contributed by atoms with van der Waals surface area (Å²) in [5.41, 5.74) is 7.68. The Morgan fingerprint density at radius 3 is 2.70 bits per heavy atom. The van der Waals surface area contributed by atoms with Gasteiger partial charge < -0.3 is 15.4 Å². The Balaban J connectivity index is 2.02. The van der Waals surface area contributed by atoms with Crippen LogP contribution in [0.15, 0.2) is 18.2 Å². The normalized spacial score (nSPS) is 16.6. The van der Waals surface area contributed by atoms with Crippen LogP contribution >= 0.6 is 0 Å². The van der Waals surface area contributed by atoms with Crippen LogP contribution in [-0.2, 0) is 0 Å². The van der Waals surface area contributed by atoms with Crippen LogP contribution in [-0.4, -0.2) is 18.7 Å². The number of nitrogens with zero attached hydrogens (tertiary/aromatic N) is 1. The van der Waals surface area contributed by atoms with E-state index in [2.05, 4.69) is 31.7 Å². The zero-order valence-corrected chi connectivity index (χ0v) is 13.1. The third kappa shape index (κ3) is 3.81. The summed E-state index contributed by atoms with van der Waals surface area (Å²) in [6, 6.07) is 6.00. The molecular weight excluding hydrogens is 248 g/mol. The summed E-state index contributed by atoms with van der Waals surface area (Å²) in [7, 11) is 0. The molecular formula is C17H28N2O. The molecule has 0 radical (unpaired) electrons. The van der Waals surface area contributed by atoms with Crippen molar-refractivity contribution >= 4 is 11.4 Å². The lowest BCUT2D eigenvalue weighted by molar-refractivity contribution is 0.105. The number of unbranched alkanes of at least 4 members (excludes halogenated alkanes) is 4. The molecule has 0 saturated carbocycles. The fraction of sp³-hybridized carbons (Fsp3) is 0.647. The topological polar surface area (TPSA) is 38.5 Å². The Bertz CT molecular complexity index is 443. The van der Waals surface area contributed by atoms with Crippen molar-refractivity contribution in [3.63, 3.8) is 0 Å². The molecule has 2 rings (SSSR count). The van der Waals surface area contributed by atoms with Gasteiger partial charge in [-0.1, -0.05) is 32.6 Å². The van der Waals surface area contributed by atoms with Crippen molar-refractivity contribution in [1.29, 1.82) is 0 Å². The maximum atomic E-state index is 6.05. The molecule has 3 nitrogen and oxygen atoms in total. The largest absolute Gasteiger partial charge is 0.484 e. The average molecular weight is 276 g/mol. The highest BCUT2D eigenvalue weighted by molar-refractivity contribution is 5.65. The van der Waals surface area contributed by atoms with Crippen molar-refractivity contribution in [2.45, 2.75) is 58.5 Å². The summed E-state index contributed by atoms with van der Waals surface area (Å²) >= 11 is 0. The molecule has 1 aromatic rings. The zero-order chi connectivity index (χ0) is 14.6. The third-order valence-electron chi connectivity index (χ3n) is 3.81. The van der Waals surface area contributed by atoms with Crippen molar-refractivity contribution in [3.8, 4) is 5.75 Å². The van der Waals surface area contributed by atoms with Gasteiger partial charge in [-0.2, -0.15) is 0 Å². The van der Waals surface area contributed by atoms with Crippen LogP contribution in [0.4, 0.5) is 11.4 Å². The van der Waals surface area contributed by atoms with E-state index >= 15 is 0 Å². The lowest BCUT2D eigenvalue weighted by Gasteiger charge is -2.41. The summed E-state index contributed by atoms with van der Waals surface area (Å²) < 4.78 is 6.05. The first-order chi connectivity index (χ1) is 9.52. The van der Waals surface area contributed by atoms with E-state index in [0.29, 0.717) is 0 Å². The van der Waals surface area contributed by atoms with Crippen molar-refractivity contribution in [1.82, 2.24) is 0 Å². The number of nitrogen functional groups attached to an aromatic ring is 1. The first-order valence-electron chi connectivity index (χ1n) is 7.85. The summed E-state index contributed by atoms with van der Waals surface area (Å²) in [5.74, 6) is 0.926. The molecule has 1 aliphatic heterocycles. The second-order valence-corrected chi connectivity index (χ2v) is 6.42. The van der Waals surface area contributed by atoms with Gasteiger partial charge in [-0.25, -0.2) is 0 Å². The Labute approximate surface area is 123 Å². The lowest BCUT2D eigenvalue weighted by Crippen LogP contribution is -2.47. The van der Waals surface area contributed by atoms with Crippen LogP contribution in [0.25, 0.3) is 0 Å². The highest BCUT2D eigenvalue weighted by Crippen LogP contribution is 2.38. The summed E-state index contributed by atoms with van der Waals surface area (Å²) in [4.78, 5) is 2.45. The SMILES string of the molecule is CCCCCCCN1CC(C)(C)Oc2cc(N)ccc21. The van der Waals surface area contributed by atoms with Crippen LogP contribution in [0.2, 0.25) is 0 Å². The number of hydrogen-bond acceptors (Lipinski definition) is 3. The lowest BCUT2D eigenvalue weighted by atomic mass is 10.0. The van der Waals surface area contributed by atoms with Gasteiger partial charge in [0, 0.05) is 18.3 Å². The number of ether oxygens (including phenoxy) is 1. The molecule has 0 bridgehead atoms. The standard InChI is InChI=1S/C17H28N2O/c1-4-5-6-7-8-11-19-13-17(2,3)20-16-12-14(18)9-10-15(16)19/h9-10,12H,4-8,11,13,18H2,1-3H3. The molecule has 0 spiro atoms. The molecule has 1 heterocycles. The van der Waals surface area contributed by atoms with E-state index in [1.165, 1.54) is 37.8 Å². The van der Waals surface area contributed by atoms with Gasteiger partial charge in [0.2, 0.25) is 0 Å². The number of fused-ring (bicyclic) bond motifs is 1. The molecule has 1 aromatic carbocycles. The van der Waals surface area contributed by atoms with E-state index in [1.807, 2.05) is 12.1 Å². The van der Waals surface area contributed by atoms with Gasteiger partial charge in [0.1, 0.15) is 11.4 Å². The summed E-state index contributed by atoms with van der Waals surface area (Å²) in [5, 5.41) is 0. The van der Waals surface area contributed by atoms with Gasteiger partial charge in [0.05, 0.1) is 12.2 Å². The van der Waals surface area contributed by atoms with Gasteiger partial charge >= 0.3 is 0 Å². The fourth-order valence-corrected chi connectivity index (χ4v) is 2.85. The second-order valence-electron chi connectivity index (χ2n) is 6.42. The van der Waals surface area contributed by atoms with Crippen LogP contribution in [0.3, 0.4) is 0 Å². The fourth-order valence-electron chi connectivity index (χ4n) is 2.85. The van der Waals surface area contributed by atoms with E-state index < -0.39 is 0 Å². The number of benzene rings is 1. The van der Waals surface area contributed by atoms with Crippen molar-refractivity contribution in [2.75, 3.05) is 23.7 Å². The van der Waals surface area contributed by atoms with E-state index in [9.17, 15) is 0 Å². The number of rotatable bonds is 6. The molecule has 20 heavy (non-hydrogen) atoms. The maximum absolute atomic E-state index is 6.05. The van der Waals surface area contributed by atoms with Gasteiger partial charge in [0.25, 0.3) is 0 Å². The number of hydrogen-bond donors (Lipinski definition) is 1. The van der Waals surface area contributed by atoms with Gasteiger partial charge in [-0.05, 0) is 32.4 Å². The Hall–Kier alpha value is -1.38. The average Bonchev–Trinajstić information content (AvgIpc) is 2.36. The number of anilines is 2. The highest BCUT2D eigenvalue weighted by Gasteiger charge is 2.31. The predicted molar refractivity (Wildman–Crippen MR) is 86.5 cm³/mol. The smallest absolute Gasteiger partial charge is 0.145 e. The minimum absolute atomic E-state index is 0.149. The molecule has 0 aromatic heterocycles. The molecule has 0 aliphatic carbocycles. The molecule has 3 heteroatoms. The second kappa shape index (κ2) is 6.38. The molecule has 0 unspecified atom stereocenters. The van der Waals surface area contributed by atoms with E-state index in [4.69, 9.17) is 10.5 Å². The molecule has 0 fully saturated rings. The van der Waals surface area contributed by atoms with Crippen LogP contribution in [0, 0.1) is 0 Å². The maximum Gasteiger partial charge on any atom is 0.145 e. The number of nitrogens with two attached hydrogens (primary N) is 1. The van der Waals surface area contributed by atoms with Crippen molar-refractivity contribution in [3.05, 3.63) is 18.2 Å². The summed E-state index contributed by atoms with van der Waals surface area (Å²) in [6.45, 7) is 8.59. The molecule has 112 valence electrons. The van der Waals surface area contributed by atoms with Crippen molar-refractivity contribution < 1.29 is 4.74 Å². The molecule has 0 amide bonds. The molecule has 2 N–H and O–H groups in total. The van der Waals surface area contributed by atoms with E-state index in [1.54, 1.807) is 0 Å². The van der Waals surface area contributed by atoms with Crippen LogP contribution < -0.4 is 15.4 Å². The quantitative estimate of drug-likeness (QED) is 0.624. The first-order valence-corrected chi connectivity index (χ1v) is 7.85. The third-order valence-corrected chi connectivity index (χ3v) is 3.81. The Morgan fingerprint density at radius 2 is 1.95 bits per heavy atom. The predicted octanol–water partition coefficient (Wildman–Crippen LogP) is 4.22. The Morgan fingerprint density at radius 1 is 1.20 bits per heavy atom. The first kappa shape index (κ1) is 15.0. The molecule has 0 atom stereocenters. The molecule has 0 saturated heterocycles. The highest BCUT2D eigenvalue weighted by atomic mass is 16.5. The van der Waals surface area contributed by atoms with E-state index in [-0.39, 0.29) is 5.60 Å². The van der Waals surface area contributed by atoms with Gasteiger partial charge in [-0.15, -0.1) is 0 Å². The monoisotopic (exact) mass is 276 g/mol. The minimum Gasteiger partial charge on any atom is -0.484 e. The van der Waals surface area contributed by atoms with Crippen molar-refractivity contribution in [2.24, 2.45) is 0 Å². The van der Waals surface area contributed by atoms with Gasteiger partial charge in [-0.3, -0.25) is 0 Å².